The molecule has 1 aliphatic rings. The van der Waals surface area contributed by atoms with Gasteiger partial charge in [0, 0.05) is 32.4 Å². The summed E-state index contributed by atoms with van der Waals surface area (Å²) in [6, 6.07) is 2.02. The third-order valence-corrected chi connectivity index (χ3v) is 3.63. The minimum absolute atomic E-state index is 0.0922. The van der Waals surface area contributed by atoms with Gasteiger partial charge in [0.05, 0.1) is 17.4 Å². The van der Waals surface area contributed by atoms with E-state index in [0.29, 0.717) is 5.56 Å². The zero-order chi connectivity index (χ0) is 13.8. The highest BCUT2D eigenvalue weighted by molar-refractivity contribution is 5.99. The Bertz CT molecular complexity index is 449. The van der Waals surface area contributed by atoms with Crippen molar-refractivity contribution in [3.05, 3.63) is 24.0 Å². The molecular formula is C14H22N4O. The maximum atomic E-state index is 12.7. The van der Waals surface area contributed by atoms with E-state index in [1.165, 1.54) is 0 Å². The quantitative estimate of drug-likeness (QED) is 0.872. The predicted octanol–water partition coefficient (Wildman–Crippen LogP) is 1.29. The second-order valence-corrected chi connectivity index (χ2v) is 5.13. The summed E-state index contributed by atoms with van der Waals surface area (Å²) < 4.78 is 0. The van der Waals surface area contributed by atoms with Gasteiger partial charge in [0.25, 0.3) is 5.91 Å². The fraction of sp³-hybridized carbons (Fsp3) is 0.571. The van der Waals surface area contributed by atoms with Crippen LogP contribution in [0.15, 0.2) is 18.5 Å². The van der Waals surface area contributed by atoms with Crippen LogP contribution in [0.4, 0.5) is 5.69 Å². The molecule has 1 N–H and O–H groups in total. The second-order valence-electron chi connectivity index (χ2n) is 5.13. The summed E-state index contributed by atoms with van der Waals surface area (Å²) >= 11 is 0. The van der Waals surface area contributed by atoms with E-state index in [9.17, 15) is 4.79 Å². The normalized spacial score (nSPS) is 21.0. The molecule has 19 heavy (non-hydrogen) atoms. The Morgan fingerprint density at radius 1 is 1.47 bits per heavy atom. The zero-order valence-corrected chi connectivity index (χ0v) is 11.9. The molecule has 1 aromatic heterocycles. The first kappa shape index (κ1) is 13.8. The fourth-order valence-electron chi connectivity index (χ4n) is 2.61. The van der Waals surface area contributed by atoms with Crippen molar-refractivity contribution in [3.63, 3.8) is 0 Å². The van der Waals surface area contributed by atoms with Crippen LogP contribution in [0.3, 0.4) is 0 Å². The van der Waals surface area contributed by atoms with Crippen molar-refractivity contribution in [2.45, 2.75) is 19.4 Å². The van der Waals surface area contributed by atoms with Crippen molar-refractivity contribution < 1.29 is 4.79 Å². The lowest BCUT2D eigenvalue weighted by atomic mass is 10.1. The molecule has 1 saturated heterocycles. The van der Waals surface area contributed by atoms with Crippen LogP contribution in [0.2, 0.25) is 0 Å². The standard InChI is InChI=1S/C14H22N4O/c1-11-10-17(3)7-4-8-18(11)14(19)12-5-6-16-9-13(12)15-2/h5-6,9,11,15H,4,7-8,10H2,1-3H3. The third kappa shape index (κ3) is 3.04. The molecule has 0 aliphatic carbocycles. The first-order valence-corrected chi connectivity index (χ1v) is 6.74. The number of likely N-dealkylation sites (N-methyl/N-ethyl adjacent to an activating group) is 1. The number of pyridine rings is 1. The van der Waals surface area contributed by atoms with Crippen molar-refractivity contribution in [2.75, 3.05) is 39.0 Å². The van der Waals surface area contributed by atoms with Crippen molar-refractivity contribution in [1.82, 2.24) is 14.8 Å². The van der Waals surface area contributed by atoms with E-state index in [1.807, 2.05) is 11.9 Å². The summed E-state index contributed by atoms with van der Waals surface area (Å²) in [5.41, 5.74) is 1.49. The number of amides is 1. The zero-order valence-electron chi connectivity index (χ0n) is 11.9. The van der Waals surface area contributed by atoms with E-state index in [4.69, 9.17) is 0 Å². The highest BCUT2D eigenvalue weighted by Gasteiger charge is 2.26. The van der Waals surface area contributed by atoms with Gasteiger partial charge in [0.1, 0.15) is 0 Å². The van der Waals surface area contributed by atoms with Crippen molar-refractivity contribution in [3.8, 4) is 0 Å². The average molecular weight is 262 g/mol. The van der Waals surface area contributed by atoms with E-state index < -0.39 is 0 Å². The molecule has 5 heteroatoms. The predicted molar refractivity (Wildman–Crippen MR) is 76.4 cm³/mol. The molecule has 1 unspecified atom stereocenters. The molecule has 2 rings (SSSR count). The van der Waals surface area contributed by atoms with Crippen LogP contribution in [-0.4, -0.2) is 60.5 Å². The van der Waals surface area contributed by atoms with E-state index >= 15 is 0 Å². The molecule has 1 fully saturated rings. The number of hydrogen-bond acceptors (Lipinski definition) is 4. The molecule has 1 amide bonds. The molecule has 2 heterocycles. The van der Waals surface area contributed by atoms with Gasteiger partial charge in [0.2, 0.25) is 0 Å². The Labute approximate surface area is 114 Å². The second kappa shape index (κ2) is 6.02. The number of anilines is 1. The van der Waals surface area contributed by atoms with Crippen LogP contribution in [0.25, 0.3) is 0 Å². The molecule has 104 valence electrons. The van der Waals surface area contributed by atoms with Gasteiger partial charge in [-0.25, -0.2) is 0 Å². The molecule has 0 spiro atoms. The largest absolute Gasteiger partial charge is 0.386 e. The lowest BCUT2D eigenvalue weighted by Gasteiger charge is -2.28. The van der Waals surface area contributed by atoms with Gasteiger partial charge in [-0.2, -0.15) is 0 Å². The lowest BCUT2D eigenvalue weighted by molar-refractivity contribution is 0.0697. The van der Waals surface area contributed by atoms with Gasteiger partial charge >= 0.3 is 0 Å². The molecule has 0 bridgehead atoms. The van der Waals surface area contributed by atoms with Gasteiger partial charge in [0.15, 0.2) is 0 Å². The lowest BCUT2D eigenvalue weighted by Crippen LogP contribution is -2.42. The minimum Gasteiger partial charge on any atom is -0.386 e. The van der Waals surface area contributed by atoms with Crippen LogP contribution in [0.1, 0.15) is 23.7 Å². The molecular weight excluding hydrogens is 240 g/mol. The fourth-order valence-corrected chi connectivity index (χ4v) is 2.61. The van der Waals surface area contributed by atoms with Gasteiger partial charge in [-0.1, -0.05) is 0 Å². The van der Waals surface area contributed by atoms with Crippen LogP contribution in [0, 0.1) is 0 Å². The summed E-state index contributed by atoms with van der Waals surface area (Å²) in [5.74, 6) is 0.0922. The Morgan fingerprint density at radius 3 is 3.00 bits per heavy atom. The Hall–Kier alpha value is -1.62. The van der Waals surface area contributed by atoms with Crippen LogP contribution >= 0.6 is 0 Å². The summed E-state index contributed by atoms with van der Waals surface area (Å²) in [5, 5.41) is 3.03. The highest BCUT2D eigenvalue weighted by Crippen LogP contribution is 2.18. The SMILES string of the molecule is CNc1cnccc1C(=O)N1CCCN(C)CC1C. The van der Waals surface area contributed by atoms with E-state index in [2.05, 4.69) is 29.2 Å². The Kier molecular flexibility index (Phi) is 4.37. The first-order chi connectivity index (χ1) is 9.13. The molecule has 0 aromatic carbocycles. The summed E-state index contributed by atoms with van der Waals surface area (Å²) in [7, 11) is 3.92. The van der Waals surface area contributed by atoms with E-state index in [0.717, 1.165) is 31.7 Å². The molecule has 1 atom stereocenters. The number of carbonyl (C=O) groups is 1. The summed E-state index contributed by atoms with van der Waals surface area (Å²) in [6.45, 7) is 4.89. The number of nitrogens with zero attached hydrogens (tertiary/aromatic N) is 3. The van der Waals surface area contributed by atoms with Crippen LogP contribution in [-0.2, 0) is 0 Å². The monoisotopic (exact) mass is 262 g/mol. The smallest absolute Gasteiger partial charge is 0.256 e. The maximum Gasteiger partial charge on any atom is 0.256 e. The van der Waals surface area contributed by atoms with Crippen LogP contribution < -0.4 is 5.32 Å². The van der Waals surface area contributed by atoms with Crippen molar-refractivity contribution >= 4 is 11.6 Å². The highest BCUT2D eigenvalue weighted by atomic mass is 16.2. The van der Waals surface area contributed by atoms with E-state index in [1.54, 1.807) is 18.5 Å². The van der Waals surface area contributed by atoms with Crippen molar-refractivity contribution in [2.24, 2.45) is 0 Å². The number of hydrogen-bond donors (Lipinski definition) is 1. The Morgan fingerprint density at radius 2 is 2.26 bits per heavy atom. The van der Waals surface area contributed by atoms with Crippen LogP contribution in [0.5, 0.6) is 0 Å². The summed E-state index contributed by atoms with van der Waals surface area (Å²) in [4.78, 5) is 21.0. The van der Waals surface area contributed by atoms with Gasteiger partial charge < -0.3 is 15.1 Å². The topological polar surface area (TPSA) is 48.5 Å². The minimum atomic E-state index is 0.0922. The average Bonchev–Trinajstić information content (AvgIpc) is 2.58. The van der Waals surface area contributed by atoms with Gasteiger partial charge in [-0.05, 0) is 33.0 Å². The number of carbonyl (C=O) groups excluding carboxylic acids is 1. The van der Waals surface area contributed by atoms with Crippen molar-refractivity contribution in [1.29, 1.82) is 0 Å². The molecule has 0 radical (unpaired) electrons. The molecule has 1 aliphatic heterocycles. The van der Waals surface area contributed by atoms with Gasteiger partial charge in [-0.3, -0.25) is 9.78 Å². The number of aromatic nitrogens is 1. The molecule has 0 saturated carbocycles. The van der Waals surface area contributed by atoms with E-state index in [-0.39, 0.29) is 11.9 Å². The molecule has 5 nitrogen and oxygen atoms in total. The number of nitrogens with one attached hydrogen (secondary N) is 1. The molecule has 1 aromatic rings. The third-order valence-electron chi connectivity index (χ3n) is 3.63. The first-order valence-electron chi connectivity index (χ1n) is 6.74. The number of rotatable bonds is 2. The Balaban J connectivity index is 2.22. The summed E-state index contributed by atoms with van der Waals surface area (Å²) in [6.07, 6.45) is 4.39. The maximum absolute atomic E-state index is 12.7. The van der Waals surface area contributed by atoms with Gasteiger partial charge in [-0.15, -0.1) is 0 Å².